The normalized spacial score (nSPS) is 20.4. The van der Waals surface area contributed by atoms with Gasteiger partial charge in [0.25, 0.3) is 11.9 Å². The van der Waals surface area contributed by atoms with Crippen molar-refractivity contribution in [2.24, 2.45) is 11.8 Å². The van der Waals surface area contributed by atoms with Crippen molar-refractivity contribution >= 4 is 11.9 Å². The molecule has 144 valence electrons. The molecular formula is C21H28N4O2. The van der Waals surface area contributed by atoms with E-state index in [2.05, 4.69) is 52.1 Å². The molecule has 1 amide bonds. The average Bonchev–Trinajstić information content (AvgIpc) is 2.69. The van der Waals surface area contributed by atoms with Crippen LogP contribution in [0.15, 0.2) is 48.8 Å². The van der Waals surface area contributed by atoms with Crippen LogP contribution in [0.5, 0.6) is 0 Å². The predicted octanol–water partition coefficient (Wildman–Crippen LogP) is 2.96. The number of likely N-dealkylation sites (tertiary alicyclic amines) is 1. The molecule has 0 N–H and O–H groups in total. The number of nitrogens with zero attached hydrogens (tertiary/aromatic N) is 4. The van der Waals surface area contributed by atoms with Gasteiger partial charge < -0.3 is 4.90 Å². The summed E-state index contributed by atoms with van der Waals surface area (Å²) < 4.78 is 0. The van der Waals surface area contributed by atoms with Crippen LogP contribution in [0.2, 0.25) is 0 Å². The third-order valence-corrected chi connectivity index (χ3v) is 5.16. The van der Waals surface area contributed by atoms with Gasteiger partial charge in [0.2, 0.25) is 0 Å². The van der Waals surface area contributed by atoms with Crippen molar-refractivity contribution in [3.05, 3.63) is 54.4 Å². The Bertz CT molecular complexity index is 711. The molecule has 1 aromatic carbocycles. The number of carbonyl (C=O) groups is 1. The third-order valence-electron chi connectivity index (χ3n) is 5.16. The Hall–Kier alpha value is -2.31. The van der Waals surface area contributed by atoms with Gasteiger partial charge in [-0.3, -0.25) is 9.63 Å². The van der Waals surface area contributed by atoms with Crippen LogP contribution < -0.4 is 5.06 Å². The maximum Gasteiger partial charge on any atom is 0.257 e. The first-order valence-corrected chi connectivity index (χ1v) is 9.60. The summed E-state index contributed by atoms with van der Waals surface area (Å²) in [6, 6.07) is 12.3. The maximum absolute atomic E-state index is 11.9. The summed E-state index contributed by atoms with van der Waals surface area (Å²) in [5, 5.41) is 1.20. The van der Waals surface area contributed by atoms with Crippen LogP contribution >= 0.6 is 0 Å². The van der Waals surface area contributed by atoms with E-state index >= 15 is 0 Å². The van der Waals surface area contributed by atoms with Crippen LogP contribution in [0.1, 0.15) is 25.8 Å². The number of hydrogen-bond donors (Lipinski definition) is 0. The number of anilines is 1. The van der Waals surface area contributed by atoms with Gasteiger partial charge in [0.05, 0.1) is 6.61 Å². The number of benzene rings is 1. The minimum absolute atomic E-state index is 0.214. The molecule has 1 saturated heterocycles. The molecule has 0 saturated carbocycles. The molecule has 0 aliphatic carbocycles. The van der Waals surface area contributed by atoms with Gasteiger partial charge in [0.15, 0.2) is 0 Å². The Labute approximate surface area is 161 Å². The number of piperidine rings is 1. The number of aromatic nitrogens is 2. The molecule has 0 radical (unpaired) electrons. The van der Waals surface area contributed by atoms with Crippen molar-refractivity contribution in [2.45, 2.75) is 26.7 Å². The maximum atomic E-state index is 11.9. The fourth-order valence-electron chi connectivity index (χ4n) is 3.52. The lowest BCUT2D eigenvalue weighted by Gasteiger charge is -2.37. The lowest BCUT2D eigenvalue weighted by molar-refractivity contribution is -0.125. The van der Waals surface area contributed by atoms with Crippen LogP contribution in [0.3, 0.4) is 0 Å². The molecule has 6 nitrogen and oxygen atoms in total. The van der Waals surface area contributed by atoms with E-state index in [1.807, 2.05) is 0 Å². The highest BCUT2D eigenvalue weighted by Gasteiger charge is 2.27. The molecular weight excluding hydrogens is 340 g/mol. The van der Waals surface area contributed by atoms with Gasteiger partial charge in [0, 0.05) is 32.4 Å². The van der Waals surface area contributed by atoms with Gasteiger partial charge in [-0.1, -0.05) is 37.3 Å². The van der Waals surface area contributed by atoms with Crippen LogP contribution in [0, 0.1) is 11.8 Å². The van der Waals surface area contributed by atoms with Gasteiger partial charge in [-0.25, -0.2) is 9.97 Å². The zero-order valence-corrected chi connectivity index (χ0v) is 16.1. The van der Waals surface area contributed by atoms with Gasteiger partial charge in [-0.15, -0.1) is 0 Å². The summed E-state index contributed by atoms with van der Waals surface area (Å²) in [6.07, 6.45) is 5.36. The standard InChI is InChI=1S/C21H28N4O2/c1-17-15-24(13-9-19-7-4-3-5-8-19)14-10-20(17)16-27-25(18(2)26)21-22-11-6-12-23-21/h3-8,11-12,17,20H,9-10,13-16H2,1-2H3. The number of carbonyl (C=O) groups excluding carboxylic acids is 1. The topological polar surface area (TPSA) is 58.6 Å². The number of hydroxylamine groups is 1. The minimum atomic E-state index is -0.214. The fourth-order valence-corrected chi connectivity index (χ4v) is 3.52. The monoisotopic (exact) mass is 368 g/mol. The Balaban J connectivity index is 1.47. The largest absolute Gasteiger partial charge is 0.303 e. The summed E-state index contributed by atoms with van der Waals surface area (Å²) in [4.78, 5) is 28.4. The zero-order chi connectivity index (χ0) is 19.1. The Morgan fingerprint density at radius 1 is 1.22 bits per heavy atom. The summed E-state index contributed by atoms with van der Waals surface area (Å²) >= 11 is 0. The van der Waals surface area contributed by atoms with Crippen molar-refractivity contribution in [1.29, 1.82) is 0 Å². The zero-order valence-electron chi connectivity index (χ0n) is 16.1. The smallest absolute Gasteiger partial charge is 0.257 e. The van der Waals surface area contributed by atoms with Crippen molar-refractivity contribution in [2.75, 3.05) is 31.3 Å². The van der Waals surface area contributed by atoms with E-state index in [1.54, 1.807) is 18.5 Å². The molecule has 6 heteroatoms. The van der Waals surface area contributed by atoms with Crippen molar-refractivity contribution in [3.63, 3.8) is 0 Å². The van der Waals surface area contributed by atoms with Gasteiger partial charge >= 0.3 is 0 Å². The highest BCUT2D eigenvalue weighted by Crippen LogP contribution is 2.24. The molecule has 1 aliphatic rings. The molecule has 27 heavy (non-hydrogen) atoms. The first-order valence-electron chi connectivity index (χ1n) is 9.60. The molecule has 0 bridgehead atoms. The summed E-state index contributed by atoms with van der Waals surface area (Å²) in [7, 11) is 0. The summed E-state index contributed by atoms with van der Waals surface area (Å²) in [6.45, 7) is 7.44. The fraction of sp³-hybridized carbons (Fsp3) is 0.476. The second-order valence-corrected chi connectivity index (χ2v) is 7.22. The highest BCUT2D eigenvalue weighted by atomic mass is 16.7. The number of amides is 1. The second kappa shape index (κ2) is 9.58. The molecule has 0 spiro atoms. The number of rotatable bonds is 7. The third kappa shape index (κ3) is 5.58. The van der Waals surface area contributed by atoms with Crippen LogP contribution in [0.4, 0.5) is 5.95 Å². The molecule has 2 atom stereocenters. The van der Waals surface area contributed by atoms with E-state index < -0.39 is 0 Å². The highest BCUT2D eigenvalue weighted by molar-refractivity contribution is 5.87. The first kappa shape index (κ1) is 19.5. The summed E-state index contributed by atoms with van der Waals surface area (Å²) in [5.41, 5.74) is 1.38. The van der Waals surface area contributed by atoms with E-state index in [-0.39, 0.29) is 11.9 Å². The lowest BCUT2D eigenvalue weighted by atomic mass is 9.87. The van der Waals surface area contributed by atoms with Crippen molar-refractivity contribution < 1.29 is 9.63 Å². The van der Waals surface area contributed by atoms with Crippen LogP contribution in [0.25, 0.3) is 0 Å². The molecule has 1 aromatic heterocycles. The Morgan fingerprint density at radius 2 is 1.96 bits per heavy atom. The molecule has 2 aromatic rings. The molecule has 2 heterocycles. The summed E-state index contributed by atoms with van der Waals surface area (Å²) in [5.74, 6) is 1.01. The van der Waals surface area contributed by atoms with E-state index in [9.17, 15) is 4.79 Å². The van der Waals surface area contributed by atoms with Crippen molar-refractivity contribution in [3.8, 4) is 0 Å². The van der Waals surface area contributed by atoms with Crippen molar-refractivity contribution in [1.82, 2.24) is 14.9 Å². The second-order valence-electron chi connectivity index (χ2n) is 7.22. The van der Waals surface area contributed by atoms with Gasteiger partial charge in [-0.05, 0) is 42.9 Å². The van der Waals surface area contributed by atoms with Crippen LogP contribution in [-0.2, 0) is 16.1 Å². The quantitative estimate of drug-likeness (QED) is 0.703. The molecule has 2 unspecified atom stereocenters. The SMILES string of the molecule is CC(=O)N(OCC1CCN(CCc2ccccc2)CC1C)c1ncccn1. The van der Waals surface area contributed by atoms with E-state index in [1.165, 1.54) is 17.6 Å². The molecule has 1 fully saturated rings. The lowest BCUT2D eigenvalue weighted by Crippen LogP contribution is -2.43. The molecule has 3 rings (SSSR count). The van der Waals surface area contributed by atoms with E-state index in [4.69, 9.17) is 4.84 Å². The number of hydrogen-bond acceptors (Lipinski definition) is 5. The minimum Gasteiger partial charge on any atom is -0.303 e. The van der Waals surface area contributed by atoms with Gasteiger partial charge in [-0.2, -0.15) is 5.06 Å². The predicted molar refractivity (Wildman–Crippen MR) is 105 cm³/mol. The Morgan fingerprint density at radius 3 is 2.63 bits per heavy atom. The molecule has 1 aliphatic heterocycles. The average molecular weight is 368 g/mol. The van der Waals surface area contributed by atoms with E-state index in [0.29, 0.717) is 18.4 Å². The van der Waals surface area contributed by atoms with E-state index in [0.717, 1.165) is 32.5 Å². The van der Waals surface area contributed by atoms with Crippen LogP contribution in [-0.4, -0.2) is 47.0 Å². The Kier molecular flexibility index (Phi) is 6.90. The van der Waals surface area contributed by atoms with Gasteiger partial charge in [0.1, 0.15) is 0 Å². The first-order chi connectivity index (χ1) is 13.1.